The Labute approximate surface area is 198 Å². The van der Waals surface area contributed by atoms with Gasteiger partial charge in [0, 0.05) is 48.6 Å². The van der Waals surface area contributed by atoms with Gasteiger partial charge in [0.15, 0.2) is 0 Å². The highest BCUT2D eigenvalue weighted by Crippen LogP contribution is 2.47. The van der Waals surface area contributed by atoms with Gasteiger partial charge >= 0.3 is 0 Å². The summed E-state index contributed by atoms with van der Waals surface area (Å²) >= 11 is 0. The molecular weight excluding hydrogens is 411 g/mol. The van der Waals surface area contributed by atoms with Crippen LogP contribution in [0.15, 0.2) is 0 Å². The van der Waals surface area contributed by atoms with Gasteiger partial charge in [-0.15, -0.1) is 0 Å². The zero-order chi connectivity index (χ0) is 25.7. The fourth-order valence-electron chi connectivity index (χ4n) is 3.29. The van der Waals surface area contributed by atoms with E-state index >= 15 is 0 Å². The van der Waals surface area contributed by atoms with Gasteiger partial charge in [-0.3, -0.25) is 4.67 Å². The van der Waals surface area contributed by atoms with Crippen molar-refractivity contribution in [2.24, 2.45) is 5.41 Å². The van der Waals surface area contributed by atoms with Crippen molar-refractivity contribution < 1.29 is 22.8 Å². The molecule has 1 atom stereocenters. The first-order chi connectivity index (χ1) is 16.4. The molecule has 0 radical (unpaired) electrons. The molecule has 6 nitrogen and oxygen atoms in total. The summed E-state index contributed by atoms with van der Waals surface area (Å²) in [5.41, 5.74) is -0.512. The fourth-order valence-corrected chi connectivity index (χ4v) is 5.66. The van der Waals surface area contributed by atoms with Crippen molar-refractivity contribution in [1.82, 2.24) is 4.67 Å². The lowest BCUT2D eigenvalue weighted by Crippen LogP contribution is -2.43. The predicted molar refractivity (Wildman–Crippen MR) is 130 cm³/mol. The lowest BCUT2D eigenvalue weighted by atomic mass is 9.92. The van der Waals surface area contributed by atoms with Gasteiger partial charge in [-0.1, -0.05) is 20.7 Å². The second-order valence-electron chi connectivity index (χ2n) is 8.40. The van der Waals surface area contributed by atoms with Crippen LogP contribution in [-0.2, 0) is 18.7 Å². The lowest BCUT2D eigenvalue weighted by molar-refractivity contribution is -0.0877. The number of rotatable bonds is 21. The monoisotopic (exact) mass is 463 g/mol. The van der Waals surface area contributed by atoms with E-state index in [0.29, 0.717) is 105 Å². The Balaban J connectivity index is 5.58. The van der Waals surface area contributed by atoms with Crippen molar-refractivity contribution in [1.29, 1.82) is 5.26 Å². The first-order valence-corrected chi connectivity index (χ1v) is 12.9. The van der Waals surface area contributed by atoms with E-state index in [9.17, 15) is 0 Å². The molecule has 0 spiro atoms. The van der Waals surface area contributed by atoms with Crippen LogP contribution in [0.5, 0.6) is 0 Å². The quantitative estimate of drug-likeness (QED) is 0.154. The lowest BCUT2D eigenvalue weighted by Gasteiger charge is -2.40. The molecule has 0 amide bonds. The molecule has 0 aromatic carbocycles. The molecule has 1 unspecified atom stereocenters. The summed E-state index contributed by atoms with van der Waals surface area (Å²) in [5.74, 6) is 0. The second kappa shape index (κ2) is 19.2. The van der Waals surface area contributed by atoms with Gasteiger partial charge in [0.25, 0.3) is 0 Å². The van der Waals surface area contributed by atoms with Crippen molar-refractivity contribution in [2.75, 3.05) is 52.4 Å². The first kappa shape index (κ1) is 25.3. The summed E-state index contributed by atoms with van der Waals surface area (Å²) < 4.78 is 49.1. The van der Waals surface area contributed by atoms with E-state index in [4.69, 9.17) is 28.1 Å². The van der Waals surface area contributed by atoms with Gasteiger partial charge in [0.05, 0.1) is 37.9 Å². The molecule has 0 rings (SSSR count). The van der Waals surface area contributed by atoms with E-state index in [1.165, 1.54) is 0 Å². The summed E-state index contributed by atoms with van der Waals surface area (Å²) in [4.78, 5) is 0. The molecule has 0 saturated carbocycles. The molecule has 0 N–H and O–H groups in total. The number of nitriles is 1. The SMILES string of the molecule is [2H]CCCOCC(COCCC[2H])(COCCC[2H])COP(CCCC#N)N(C(C)C)C(C)C. The summed E-state index contributed by atoms with van der Waals surface area (Å²) in [7, 11) is -0.918. The summed E-state index contributed by atoms with van der Waals surface area (Å²) in [6.45, 7) is 12.8. The number of ether oxygens (including phenoxy) is 3. The van der Waals surface area contributed by atoms with Crippen LogP contribution in [0.3, 0.4) is 0 Å². The molecule has 0 bridgehead atoms. The van der Waals surface area contributed by atoms with Crippen LogP contribution in [0.25, 0.3) is 0 Å². The Kier molecular flexibility index (Phi) is 15.7. The average molecular weight is 464 g/mol. The highest BCUT2D eigenvalue weighted by Gasteiger charge is 2.35. The highest BCUT2D eigenvalue weighted by molar-refractivity contribution is 7.50. The van der Waals surface area contributed by atoms with Crippen LogP contribution in [-0.4, -0.2) is 69.2 Å². The van der Waals surface area contributed by atoms with Gasteiger partial charge < -0.3 is 18.7 Å². The van der Waals surface area contributed by atoms with Gasteiger partial charge in [0.1, 0.15) is 8.30 Å². The van der Waals surface area contributed by atoms with E-state index in [2.05, 4.69) is 38.4 Å². The maximum absolute atomic E-state index is 9.03. The maximum atomic E-state index is 9.03. The van der Waals surface area contributed by atoms with Gasteiger partial charge in [0.2, 0.25) is 0 Å². The zero-order valence-electron chi connectivity index (χ0n) is 23.4. The third-order valence-corrected chi connectivity index (χ3v) is 7.13. The average Bonchev–Trinajstić information content (AvgIpc) is 2.80. The molecule has 0 aliphatic carbocycles. The summed E-state index contributed by atoms with van der Waals surface area (Å²) in [5, 5.41) is 9.03. The molecular formula is C24H49N2O4P. The maximum Gasteiger partial charge on any atom is 0.104 e. The fraction of sp³-hybridized carbons (Fsp3) is 0.958. The molecule has 0 aliphatic heterocycles. The molecule has 184 valence electrons. The standard InChI is InChI=1S/C24H49N2O4P/c1-8-14-27-18-24(19-28-15-9-2,20-29-16-10-3)21-30-31(17-12-11-13-25)26(22(4)5)23(6)7/h22-23H,8-12,14-21H2,1-7H3/i1D,2D,3D. The van der Waals surface area contributed by atoms with Crippen LogP contribution in [0.2, 0.25) is 0 Å². The number of nitrogens with zero attached hydrogens (tertiary/aromatic N) is 2. The molecule has 0 aromatic heterocycles. The van der Waals surface area contributed by atoms with Crippen LogP contribution in [0.1, 0.15) is 84.6 Å². The van der Waals surface area contributed by atoms with E-state index < -0.39 is 13.7 Å². The number of unbranched alkanes of at least 4 members (excludes halogenated alkanes) is 1. The van der Waals surface area contributed by atoms with Crippen LogP contribution >= 0.6 is 8.30 Å². The highest BCUT2D eigenvalue weighted by atomic mass is 31.2. The van der Waals surface area contributed by atoms with E-state index in [0.717, 1.165) is 12.6 Å². The van der Waals surface area contributed by atoms with E-state index in [1.54, 1.807) is 0 Å². The molecule has 7 heteroatoms. The Hall–Kier alpha value is -0.280. The summed E-state index contributed by atoms with van der Waals surface area (Å²) in [6, 6.07) is 2.88. The van der Waals surface area contributed by atoms with Crippen molar-refractivity contribution >= 4 is 8.30 Å². The number of hydrogen-bond acceptors (Lipinski definition) is 6. The van der Waals surface area contributed by atoms with Crippen LogP contribution < -0.4 is 0 Å². The van der Waals surface area contributed by atoms with Gasteiger partial charge in [-0.25, -0.2) is 0 Å². The molecule has 0 fully saturated rings. The third-order valence-electron chi connectivity index (χ3n) is 4.56. The molecule has 31 heavy (non-hydrogen) atoms. The van der Waals surface area contributed by atoms with Crippen molar-refractivity contribution in [2.45, 2.75) is 92.6 Å². The Morgan fingerprint density at radius 1 is 0.871 bits per heavy atom. The minimum Gasteiger partial charge on any atom is -0.381 e. The summed E-state index contributed by atoms with van der Waals surface area (Å²) in [6.07, 6.45) is 4.16. The molecule has 0 heterocycles. The Morgan fingerprint density at radius 3 is 1.74 bits per heavy atom. The zero-order valence-corrected chi connectivity index (χ0v) is 21.3. The first-order valence-electron chi connectivity index (χ1n) is 13.7. The van der Waals surface area contributed by atoms with E-state index in [1.807, 2.05) is 0 Å². The largest absolute Gasteiger partial charge is 0.381 e. The predicted octanol–water partition coefficient (Wildman–Crippen LogP) is 6.00. The van der Waals surface area contributed by atoms with Gasteiger partial charge in [-0.2, -0.15) is 5.26 Å². The minimum atomic E-state index is -0.918. The van der Waals surface area contributed by atoms with Gasteiger partial charge in [-0.05, 0) is 53.4 Å². The Morgan fingerprint density at radius 2 is 1.35 bits per heavy atom. The van der Waals surface area contributed by atoms with Crippen LogP contribution in [0.4, 0.5) is 0 Å². The third kappa shape index (κ3) is 13.8. The Bertz CT molecular complexity index is 474. The number of hydrogen-bond donors (Lipinski definition) is 0. The smallest absolute Gasteiger partial charge is 0.104 e. The topological polar surface area (TPSA) is 64.0 Å². The van der Waals surface area contributed by atoms with Crippen LogP contribution in [0, 0.1) is 16.7 Å². The normalized spacial score (nSPS) is 14.6. The van der Waals surface area contributed by atoms with Crippen molar-refractivity contribution in [3.8, 4) is 6.07 Å². The van der Waals surface area contributed by atoms with Crippen molar-refractivity contribution in [3.05, 3.63) is 0 Å². The van der Waals surface area contributed by atoms with E-state index in [-0.39, 0.29) is 0 Å². The molecule has 0 saturated heterocycles. The molecule has 0 aliphatic rings. The molecule has 0 aromatic rings. The minimum absolute atomic E-state index is 0.317. The second-order valence-corrected chi connectivity index (χ2v) is 10.3. The van der Waals surface area contributed by atoms with Crippen molar-refractivity contribution in [3.63, 3.8) is 0 Å².